The zero-order chi connectivity index (χ0) is 13.6. The summed E-state index contributed by atoms with van der Waals surface area (Å²) in [5, 5.41) is 9.15. The number of carbonyl (C=O) groups is 2. The Balaban J connectivity index is 2.42. The molecule has 7 heteroatoms. The monoisotopic (exact) mass is 261 g/mol. The van der Waals surface area contributed by atoms with Crippen LogP contribution in [0.4, 0.5) is 4.79 Å². The predicted molar refractivity (Wildman–Crippen MR) is 60.8 cm³/mol. The average Bonchev–Trinajstić information content (AvgIpc) is 2.34. The molecule has 7 nitrogen and oxygen atoms in total. The number of hydrogen-bond acceptors (Lipinski definition) is 5. The van der Waals surface area contributed by atoms with E-state index in [1.54, 1.807) is 0 Å². The lowest BCUT2D eigenvalue weighted by Crippen LogP contribution is -2.50. The van der Waals surface area contributed by atoms with Gasteiger partial charge in [-0.3, -0.25) is 4.84 Å². The Kier molecular flexibility index (Phi) is 5.36. The van der Waals surface area contributed by atoms with Crippen molar-refractivity contribution in [2.75, 3.05) is 19.8 Å². The van der Waals surface area contributed by atoms with Gasteiger partial charge in [0.05, 0.1) is 19.8 Å². The smallest absolute Gasteiger partial charge is 0.431 e. The van der Waals surface area contributed by atoms with Crippen LogP contribution < -0.4 is 5.48 Å². The molecule has 1 fully saturated rings. The van der Waals surface area contributed by atoms with Crippen LogP contribution in [-0.4, -0.2) is 42.6 Å². The van der Waals surface area contributed by atoms with E-state index in [0.29, 0.717) is 0 Å². The van der Waals surface area contributed by atoms with Gasteiger partial charge < -0.3 is 14.6 Å². The lowest BCUT2D eigenvalue weighted by molar-refractivity contribution is -0.189. The lowest BCUT2D eigenvalue weighted by Gasteiger charge is -2.31. The molecule has 1 heterocycles. The minimum atomic E-state index is -1.42. The van der Waals surface area contributed by atoms with Crippen molar-refractivity contribution in [1.82, 2.24) is 5.48 Å². The van der Waals surface area contributed by atoms with E-state index in [9.17, 15) is 9.59 Å². The minimum Gasteiger partial charge on any atom is -0.479 e. The van der Waals surface area contributed by atoms with E-state index in [4.69, 9.17) is 19.4 Å². The maximum absolute atomic E-state index is 11.3. The zero-order valence-corrected chi connectivity index (χ0v) is 10.6. The highest BCUT2D eigenvalue weighted by molar-refractivity contribution is 5.78. The first-order valence-electron chi connectivity index (χ1n) is 5.88. The van der Waals surface area contributed by atoms with Crippen LogP contribution in [0.25, 0.3) is 0 Å². The molecule has 0 radical (unpaired) electrons. The van der Waals surface area contributed by atoms with Gasteiger partial charge in [-0.25, -0.2) is 9.59 Å². The number of ether oxygens (including phenoxy) is 2. The van der Waals surface area contributed by atoms with Gasteiger partial charge >= 0.3 is 12.1 Å². The van der Waals surface area contributed by atoms with E-state index in [-0.39, 0.29) is 38.6 Å². The van der Waals surface area contributed by atoms with Crippen molar-refractivity contribution in [3.8, 4) is 0 Å². The first kappa shape index (κ1) is 14.7. The Morgan fingerprint density at radius 2 is 2.00 bits per heavy atom. The summed E-state index contributed by atoms with van der Waals surface area (Å²) in [5.41, 5.74) is 0.611. The molecule has 104 valence electrons. The Bertz CT molecular complexity index is 298. The van der Waals surface area contributed by atoms with E-state index in [1.807, 2.05) is 19.3 Å². The van der Waals surface area contributed by atoms with Gasteiger partial charge in [0.15, 0.2) is 5.60 Å². The maximum atomic E-state index is 11.3. The fraction of sp³-hybridized carbons (Fsp3) is 0.818. The minimum absolute atomic E-state index is 0.187. The van der Waals surface area contributed by atoms with Crippen LogP contribution in [-0.2, 0) is 19.1 Å². The van der Waals surface area contributed by atoms with Crippen molar-refractivity contribution in [3.05, 3.63) is 0 Å². The first-order valence-corrected chi connectivity index (χ1v) is 5.88. The van der Waals surface area contributed by atoms with Crippen LogP contribution in [0.1, 0.15) is 26.7 Å². The lowest BCUT2D eigenvalue weighted by atomic mass is 9.95. The van der Waals surface area contributed by atoms with Crippen molar-refractivity contribution in [1.29, 1.82) is 0 Å². The molecule has 0 aromatic rings. The number of nitrogens with one attached hydrogen (secondary N) is 1. The predicted octanol–water partition coefficient (Wildman–Crippen LogP) is 0.934. The molecule has 0 unspecified atom stereocenters. The second kappa shape index (κ2) is 6.55. The molecule has 1 saturated heterocycles. The zero-order valence-electron chi connectivity index (χ0n) is 10.6. The van der Waals surface area contributed by atoms with E-state index in [2.05, 4.69) is 0 Å². The van der Waals surface area contributed by atoms with Crippen LogP contribution in [0.5, 0.6) is 0 Å². The summed E-state index contributed by atoms with van der Waals surface area (Å²) in [6.07, 6.45) is -0.407. The standard InChI is InChI=1S/C11H19NO6/c1-8(2)7-17-10(15)12-18-11(9(13)14)3-5-16-6-4-11/h8H,3-7H2,1-2H3,(H,12,15)(H,13,14). The number of carbonyl (C=O) groups excluding carboxylic acids is 1. The van der Waals surface area contributed by atoms with Crippen molar-refractivity contribution < 1.29 is 29.0 Å². The highest BCUT2D eigenvalue weighted by atomic mass is 16.7. The van der Waals surface area contributed by atoms with Gasteiger partial charge in [-0.05, 0) is 5.92 Å². The summed E-state index contributed by atoms with van der Waals surface area (Å²) in [7, 11) is 0. The Morgan fingerprint density at radius 3 is 2.50 bits per heavy atom. The molecule has 2 N–H and O–H groups in total. The second-order valence-corrected chi connectivity index (χ2v) is 4.61. The number of carboxylic acid groups (broad SMARTS) is 1. The van der Waals surface area contributed by atoms with Crippen molar-refractivity contribution >= 4 is 12.1 Å². The molecule has 0 aromatic heterocycles. The topological polar surface area (TPSA) is 94.1 Å². The van der Waals surface area contributed by atoms with Crippen LogP contribution in [0.15, 0.2) is 0 Å². The summed E-state index contributed by atoms with van der Waals surface area (Å²) < 4.78 is 9.89. The largest absolute Gasteiger partial charge is 0.479 e. The molecule has 0 aliphatic carbocycles. The van der Waals surface area contributed by atoms with Crippen molar-refractivity contribution in [2.45, 2.75) is 32.3 Å². The molecule has 18 heavy (non-hydrogen) atoms. The van der Waals surface area contributed by atoms with Crippen molar-refractivity contribution in [2.24, 2.45) is 5.92 Å². The molecule has 0 bridgehead atoms. The SMILES string of the molecule is CC(C)COC(=O)NOC1(C(=O)O)CCOCC1. The second-order valence-electron chi connectivity index (χ2n) is 4.61. The summed E-state index contributed by atoms with van der Waals surface area (Å²) >= 11 is 0. The van der Waals surface area contributed by atoms with Gasteiger partial charge in [0.1, 0.15) is 0 Å². The molecular formula is C11H19NO6. The van der Waals surface area contributed by atoms with E-state index < -0.39 is 17.7 Å². The quantitative estimate of drug-likeness (QED) is 0.715. The molecular weight excluding hydrogens is 242 g/mol. The summed E-state index contributed by atoms with van der Waals surface area (Å²) in [4.78, 5) is 27.5. The highest BCUT2D eigenvalue weighted by Gasteiger charge is 2.43. The molecule has 0 spiro atoms. The van der Waals surface area contributed by atoms with Gasteiger partial charge in [-0.15, -0.1) is 0 Å². The van der Waals surface area contributed by atoms with Gasteiger partial charge in [-0.2, -0.15) is 5.48 Å². The third kappa shape index (κ3) is 4.15. The van der Waals surface area contributed by atoms with Gasteiger partial charge in [0.2, 0.25) is 0 Å². The molecule has 1 aliphatic heterocycles. The van der Waals surface area contributed by atoms with Gasteiger partial charge in [-0.1, -0.05) is 13.8 Å². The highest BCUT2D eigenvalue weighted by Crippen LogP contribution is 2.24. The van der Waals surface area contributed by atoms with Crippen LogP contribution in [0.2, 0.25) is 0 Å². The molecule has 0 saturated carbocycles. The van der Waals surface area contributed by atoms with E-state index >= 15 is 0 Å². The normalized spacial score (nSPS) is 18.4. The number of aliphatic carboxylic acids is 1. The summed E-state index contributed by atoms with van der Waals surface area (Å²) in [6, 6.07) is 0. The molecule has 1 rings (SSSR count). The third-order valence-corrected chi connectivity index (χ3v) is 2.57. The number of hydrogen-bond donors (Lipinski definition) is 2. The van der Waals surface area contributed by atoms with E-state index in [0.717, 1.165) is 0 Å². The van der Waals surface area contributed by atoms with Gasteiger partial charge in [0.25, 0.3) is 0 Å². The van der Waals surface area contributed by atoms with Crippen LogP contribution in [0, 0.1) is 5.92 Å². The third-order valence-electron chi connectivity index (χ3n) is 2.57. The number of amides is 1. The van der Waals surface area contributed by atoms with Crippen LogP contribution in [0.3, 0.4) is 0 Å². The number of rotatable bonds is 5. The fourth-order valence-corrected chi connectivity index (χ4v) is 1.47. The van der Waals surface area contributed by atoms with Crippen molar-refractivity contribution in [3.63, 3.8) is 0 Å². The Hall–Kier alpha value is -1.34. The Morgan fingerprint density at radius 1 is 1.39 bits per heavy atom. The number of carboxylic acids is 1. The molecule has 1 aliphatic rings. The molecule has 0 atom stereocenters. The summed E-state index contributed by atoms with van der Waals surface area (Å²) in [6.45, 7) is 4.61. The van der Waals surface area contributed by atoms with Gasteiger partial charge in [0, 0.05) is 12.8 Å². The molecule has 0 aromatic carbocycles. The first-order chi connectivity index (χ1) is 8.46. The van der Waals surface area contributed by atoms with Crippen LogP contribution >= 0.6 is 0 Å². The average molecular weight is 261 g/mol. The summed E-state index contributed by atoms with van der Waals surface area (Å²) in [5.74, 6) is -0.915. The van der Waals surface area contributed by atoms with E-state index in [1.165, 1.54) is 0 Å². The Labute approximate surface area is 105 Å². The molecule has 1 amide bonds. The number of hydroxylamine groups is 1. The maximum Gasteiger partial charge on any atom is 0.431 e. The fourth-order valence-electron chi connectivity index (χ4n) is 1.47.